The summed E-state index contributed by atoms with van der Waals surface area (Å²) in [7, 11) is -2.40. The van der Waals surface area contributed by atoms with Gasteiger partial charge >= 0.3 is 0 Å². The number of hydrogen-bond acceptors (Lipinski definition) is 5. The smallest absolute Gasteiger partial charge is 0.246 e. The van der Waals surface area contributed by atoms with E-state index >= 15 is 0 Å². The normalized spacial score (nSPS) is 24.9. The SMILES string of the molecule is COc1ccc(N2C(=O)CCCC2=O)cc1S(=O)(=O)N1C[C@H](C)C[C@H](C)C1. The molecular formula is C19H26N2O5S. The van der Waals surface area contributed by atoms with Crippen LogP contribution in [0.15, 0.2) is 23.1 Å². The second-order valence-electron chi connectivity index (χ2n) is 7.58. The van der Waals surface area contributed by atoms with Crippen LogP contribution in [0.25, 0.3) is 0 Å². The molecule has 0 spiro atoms. The van der Waals surface area contributed by atoms with E-state index in [4.69, 9.17) is 4.74 Å². The molecular weight excluding hydrogens is 368 g/mol. The Morgan fingerprint density at radius 3 is 2.19 bits per heavy atom. The lowest BCUT2D eigenvalue weighted by Crippen LogP contribution is -2.43. The second-order valence-corrected chi connectivity index (χ2v) is 9.49. The van der Waals surface area contributed by atoms with Gasteiger partial charge in [-0.3, -0.25) is 14.5 Å². The summed E-state index contributed by atoms with van der Waals surface area (Å²) in [4.78, 5) is 25.5. The maximum absolute atomic E-state index is 13.3. The highest BCUT2D eigenvalue weighted by atomic mass is 32.2. The summed E-state index contributed by atoms with van der Waals surface area (Å²) in [5.74, 6) is 0.132. The van der Waals surface area contributed by atoms with E-state index in [-0.39, 0.29) is 52.8 Å². The van der Waals surface area contributed by atoms with Gasteiger partial charge in [-0.05, 0) is 42.9 Å². The fraction of sp³-hybridized carbons (Fsp3) is 0.579. The van der Waals surface area contributed by atoms with Gasteiger partial charge in [-0.2, -0.15) is 4.31 Å². The van der Waals surface area contributed by atoms with E-state index in [1.807, 2.05) is 13.8 Å². The van der Waals surface area contributed by atoms with Crippen molar-refractivity contribution >= 4 is 27.5 Å². The predicted molar refractivity (Wildman–Crippen MR) is 101 cm³/mol. The number of carbonyl (C=O) groups is 2. The monoisotopic (exact) mass is 394 g/mol. The second kappa shape index (κ2) is 7.59. The Hall–Kier alpha value is -1.93. The lowest BCUT2D eigenvalue weighted by Gasteiger charge is -2.34. The standard InChI is InChI=1S/C19H26N2O5S/c1-13-9-14(2)12-20(11-13)27(24,25)17-10-15(7-8-16(17)26-3)21-18(22)5-4-6-19(21)23/h7-8,10,13-14H,4-6,9,11-12H2,1-3H3/t13-,14+. The molecule has 0 radical (unpaired) electrons. The van der Waals surface area contributed by atoms with Gasteiger partial charge in [0.25, 0.3) is 0 Å². The number of ether oxygens (including phenoxy) is 1. The average Bonchev–Trinajstić information content (AvgIpc) is 2.60. The average molecular weight is 394 g/mol. The molecule has 8 heteroatoms. The van der Waals surface area contributed by atoms with Gasteiger partial charge in [-0.25, -0.2) is 8.42 Å². The molecule has 0 aromatic heterocycles. The first kappa shape index (κ1) is 19.8. The third-order valence-corrected chi connectivity index (χ3v) is 6.99. The Labute approximate surface area is 160 Å². The molecule has 2 fully saturated rings. The lowest BCUT2D eigenvalue weighted by atomic mass is 9.94. The molecule has 0 N–H and O–H groups in total. The number of anilines is 1. The minimum atomic E-state index is -3.81. The minimum Gasteiger partial charge on any atom is -0.495 e. The Balaban J connectivity index is 2.03. The molecule has 1 aromatic rings. The molecule has 2 amide bonds. The van der Waals surface area contributed by atoms with E-state index in [0.717, 1.165) is 11.3 Å². The van der Waals surface area contributed by atoms with E-state index in [0.29, 0.717) is 19.5 Å². The number of methoxy groups -OCH3 is 1. The molecule has 27 heavy (non-hydrogen) atoms. The Morgan fingerprint density at radius 1 is 1.04 bits per heavy atom. The van der Waals surface area contributed by atoms with E-state index in [2.05, 4.69) is 0 Å². The molecule has 0 bridgehead atoms. The molecule has 1 aromatic carbocycles. The molecule has 2 saturated heterocycles. The van der Waals surface area contributed by atoms with Crippen molar-refractivity contribution in [1.82, 2.24) is 4.31 Å². The van der Waals surface area contributed by atoms with Gasteiger partial charge < -0.3 is 4.74 Å². The van der Waals surface area contributed by atoms with Crippen molar-refractivity contribution in [2.45, 2.75) is 44.4 Å². The molecule has 7 nitrogen and oxygen atoms in total. The largest absolute Gasteiger partial charge is 0.495 e. The number of imide groups is 1. The highest BCUT2D eigenvalue weighted by Crippen LogP contribution is 2.35. The number of amides is 2. The lowest BCUT2D eigenvalue weighted by molar-refractivity contribution is -0.129. The minimum absolute atomic E-state index is 0.00465. The summed E-state index contributed by atoms with van der Waals surface area (Å²) in [5.41, 5.74) is 0.280. The zero-order valence-electron chi connectivity index (χ0n) is 16.0. The van der Waals surface area contributed by atoms with Crippen LogP contribution in [0.2, 0.25) is 0 Å². The summed E-state index contributed by atoms with van der Waals surface area (Å²) in [6.07, 6.45) is 2.07. The van der Waals surface area contributed by atoms with E-state index < -0.39 is 10.0 Å². The van der Waals surface area contributed by atoms with Crippen molar-refractivity contribution < 1.29 is 22.7 Å². The summed E-state index contributed by atoms with van der Waals surface area (Å²) < 4.78 is 33.4. The maximum Gasteiger partial charge on any atom is 0.246 e. The summed E-state index contributed by atoms with van der Waals surface area (Å²) in [6.45, 7) is 4.97. The van der Waals surface area contributed by atoms with Crippen molar-refractivity contribution in [2.75, 3.05) is 25.1 Å². The maximum atomic E-state index is 13.3. The molecule has 0 aliphatic carbocycles. The van der Waals surface area contributed by atoms with Crippen LogP contribution in [-0.4, -0.2) is 44.7 Å². The van der Waals surface area contributed by atoms with Gasteiger partial charge in [-0.1, -0.05) is 13.8 Å². The van der Waals surface area contributed by atoms with Crippen LogP contribution in [0.3, 0.4) is 0 Å². The molecule has 2 aliphatic heterocycles. The van der Waals surface area contributed by atoms with Gasteiger partial charge in [0, 0.05) is 25.9 Å². The van der Waals surface area contributed by atoms with Gasteiger partial charge in [-0.15, -0.1) is 0 Å². The first-order valence-corrected chi connectivity index (χ1v) is 10.7. The number of benzene rings is 1. The number of sulfonamides is 1. The van der Waals surface area contributed by atoms with Crippen molar-refractivity contribution in [2.24, 2.45) is 11.8 Å². The third-order valence-electron chi connectivity index (χ3n) is 5.14. The van der Waals surface area contributed by atoms with Crippen LogP contribution in [0.5, 0.6) is 5.75 Å². The quantitative estimate of drug-likeness (QED) is 0.732. The fourth-order valence-electron chi connectivity index (χ4n) is 3.99. The van der Waals surface area contributed by atoms with Crippen LogP contribution in [0, 0.1) is 11.8 Å². The Bertz CT molecular complexity index is 826. The number of rotatable bonds is 4. The number of piperidine rings is 2. The van der Waals surface area contributed by atoms with E-state index in [1.54, 1.807) is 6.07 Å². The number of hydrogen-bond donors (Lipinski definition) is 0. The van der Waals surface area contributed by atoms with E-state index in [1.165, 1.54) is 23.5 Å². The number of nitrogens with zero attached hydrogens (tertiary/aromatic N) is 2. The number of carbonyl (C=O) groups excluding carboxylic acids is 2. The zero-order valence-corrected chi connectivity index (χ0v) is 16.8. The van der Waals surface area contributed by atoms with Crippen molar-refractivity contribution in [3.05, 3.63) is 18.2 Å². The van der Waals surface area contributed by atoms with Gasteiger partial charge in [0.2, 0.25) is 21.8 Å². The van der Waals surface area contributed by atoms with Crippen molar-refractivity contribution in [3.8, 4) is 5.75 Å². The molecule has 2 aliphatic rings. The molecule has 148 valence electrons. The van der Waals surface area contributed by atoms with Crippen LogP contribution in [-0.2, 0) is 19.6 Å². The van der Waals surface area contributed by atoms with Gasteiger partial charge in [0.1, 0.15) is 10.6 Å². The van der Waals surface area contributed by atoms with Crippen LogP contribution in [0.1, 0.15) is 39.5 Å². The molecule has 0 unspecified atom stereocenters. The molecule has 2 atom stereocenters. The zero-order chi connectivity index (χ0) is 19.8. The fourth-order valence-corrected chi connectivity index (χ4v) is 5.84. The van der Waals surface area contributed by atoms with Crippen LogP contribution < -0.4 is 9.64 Å². The summed E-state index contributed by atoms with van der Waals surface area (Å²) in [6, 6.07) is 4.45. The highest BCUT2D eigenvalue weighted by molar-refractivity contribution is 7.89. The van der Waals surface area contributed by atoms with Crippen molar-refractivity contribution in [1.29, 1.82) is 0 Å². The van der Waals surface area contributed by atoms with E-state index in [9.17, 15) is 18.0 Å². The highest BCUT2D eigenvalue weighted by Gasteiger charge is 2.35. The Kier molecular flexibility index (Phi) is 5.58. The molecule has 0 saturated carbocycles. The summed E-state index contributed by atoms with van der Waals surface area (Å²) in [5, 5.41) is 0. The topological polar surface area (TPSA) is 84.0 Å². The Morgan fingerprint density at radius 2 is 1.63 bits per heavy atom. The van der Waals surface area contributed by atoms with Crippen LogP contribution >= 0.6 is 0 Å². The van der Waals surface area contributed by atoms with Crippen molar-refractivity contribution in [3.63, 3.8) is 0 Å². The summed E-state index contributed by atoms with van der Waals surface area (Å²) >= 11 is 0. The van der Waals surface area contributed by atoms with Gasteiger partial charge in [0.05, 0.1) is 12.8 Å². The predicted octanol–water partition coefficient (Wildman–Crippen LogP) is 2.41. The molecule has 3 rings (SSSR count). The first-order chi connectivity index (χ1) is 12.7. The molecule has 2 heterocycles. The first-order valence-electron chi connectivity index (χ1n) is 9.28. The van der Waals surface area contributed by atoms with Gasteiger partial charge in [0.15, 0.2) is 0 Å². The third kappa shape index (κ3) is 3.87. The van der Waals surface area contributed by atoms with Crippen LogP contribution in [0.4, 0.5) is 5.69 Å².